The van der Waals surface area contributed by atoms with Crippen molar-refractivity contribution in [2.24, 2.45) is 0 Å². The molecule has 2 unspecified atom stereocenters. The van der Waals surface area contributed by atoms with Gasteiger partial charge in [-0.05, 0) is 39.7 Å². The monoisotopic (exact) mass is 335 g/mol. The van der Waals surface area contributed by atoms with Gasteiger partial charge in [0.15, 0.2) is 6.10 Å². The number of hydrogen-bond donors (Lipinski definition) is 1. The van der Waals surface area contributed by atoms with E-state index in [-0.39, 0.29) is 6.04 Å². The molecule has 0 saturated carbocycles. The molecule has 24 heavy (non-hydrogen) atoms. The number of carbonyl (C=O) groups is 2. The van der Waals surface area contributed by atoms with E-state index in [4.69, 9.17) is 14.2 Å². The van der Waals surface area contributed by atoms with Crippen molar-refractivity contribution < 1.29 is 23.8 Å². The van der Waals surface area contributed by atoms with Gasteiger partial charge >= 0.3 is 12.1 Å². The molecule has 1 heterocycles. The summed E-state index contributed by atoms with van der Waals surface area (Å²) in [5.74, 6) is -0.397. The highest BCUT2D eigenvalue weighted by molar-refractivity contribution is 5.78. The predicted octanol–water partition coefficient (Wildman–Crippen LogP) is 2.45. The Bertz CT molecular complexity index is 567. The lowest BCUT2D eigenvalue weighted by Gasteiger charge is -2.23. The molecule has 6 nitrogen and oxygen atoms in total. The number of esters is 1. The van der Waals surface area contributed by atoms with Crippen molar-refractivity contribution in [1.29, 1.82) is 0 Å². The molecular weight excluding hydrogens is 310 g/mol. The normalized spacial score (nSPS) is 20.8. The minimum absolute atomic E-state index is 0.300. The van der Waals surface area contributed by atoms with Crippen molar-refractivity contribution in [2.45, 2.75) is 58.0 Å². The molecule has 132 valence electrons. The Morgan fingerprint density at radius 3 is 2.50 bits per heavy atom. The van der Waals surface area contributed by atoms with E-state index in [9.17, 15) is 9.59 Å². The van der Waals surface area contributed by atoms with Crippen LogP contribution in [0.15, 0.2) is 30.3 Å². The van der Waals surface area contributed by atoms with Crippen LogP contribution in [0.3, 0.4) is 0 Å². The lowest BCUT2D eigenvalue weighted by molar-refractivity contribution is -0.144. The van der Waals surface area contributed by atoms with Crippen LogP contribution >= 0.6 is 0 Å². The average Bonchev–Trinajstić information content (AvgIpc) is 3.26. The van der Waals surface area contributed by atoms with E-state index in [1.54, 1.807) is 27.7 Å². The summed E-state index contributed by atoms with van der Waals surface area (Å²) >= 11 is 0. The molecule has 1 aliphatic heterocycles. The fourth-order valence-electron chi connectivity index (χ4n) is 2.42. The Labute approximate surface area is 142 Å². The van der Waals surface area contributed by atoms with Gasteiger partial charge in [0.25, 0.3) is 0 Å². The third-order valence-corrected chi connectivity index (χ3v) is 3.44. The number of alkyl carbamates (subject to hydrolysis) is 1. The number of ether oxygens (including phenoxy) is 3. The van der Waals surface area contributed by atoms with Crippen LogP contribution in [0.4, 0.5) is 4.79 Å². The number of epoxide rings is 1. The number of nitrogens with one attached hydrogen (secondary N) is 1. The molecule has 1 fully saturated rings. The second kappa shape index (κ2) is 7.66. The molecular formula is C18H25NO5. The highest BCUT2D eigenvalue weighted by Gasteiger charge is 2.51. The molecule has 1 N–H and O–H groups in total. The van der Waals surface area contributed by atoms with Gasteiger partial charge in [-0.1, -0.05) is 30.3 Å². The highest BCUT2D eigenvalue weighted by atomic mass is 16.6. The lowest BCUT2D eigenvalue weighted by Crippen LogP contribution is -2.44. The van der Waals surface area contributed by atoms with Crippen LogP contribution in [-0.2, 0) is 25.4 Å². The Morgan fingerprint density at radius 1 is 1.25 bits per heavy atom. The number of carbonyl (C=O) groups excluding carboxylic acids is 2. The van der Waals surface area contributed by atoms with Gasteiger partial charge in [0.1, 0.15) is 11.7 Å². The highest BCUT2D eigenvalue weighted by Crippen LogP contribution is 2.29. The molecule has 0 aliphatic carbocycles. The van der Waals surface area contributed by atoms with Gasteiger partial charge < -0.3 is 19.5 Å². The van der Waals surface area contributed by atoms with Gasteiger partial charge in [0, 0.05) is 0 Å². The molecule has 6 heteroatoms. The third kappa shape index (κ3) is 5.53. The van der Waals surface area contributed by atoms with Gasteiger partial charge in [-0.3, -0.25) is 0 Å². The van der Waals surface area contributed by atoms with E-state index in [1.165, 1.54) is 0 Å². The molecule has 0 radical (unpaired) electrons. The Morgan fingerprint density at radius 2 is 1.92 bits per heavy atom. The van der Waals surface area contributed by atoms with E-state index in [1.807, 2.05) is 30.3 Å². The maximum absolute atomic E-state index is 12.1. The first-order valence-electron chi connectivity index (χ1n) is 8.15. The topological polar surface area (TPSA) is 77.2 Å². The smallest absolute Gasteiger partial charge is 0.407 e. The van der Waals surface area contributed by atoms with Gasteiger partial charge in [-0.15, -0.1) is 0 Å². The van der Waals surface area contributed by atoms with Gasteiger partial charge in [0.05, 0.1) is 12.6 Å². The average molecular weight is 335 g/mol. The van der Waals surface area contributed by atoms with Crippen LogP contribution in [0.25, 0.3) is 0 Å². The van der Waals surface area contributed by atoms with Crippen molar-refractivity contribution in [1.82, 2.24) is 5.32 Å². The van der Waals surface area contributed by atoms with Crippen molar-refractivity contribution in [2.75, 3.05) is 6.61 Å². The van der Waals surface area contributed by atoms with E-state index in [0.29, 0.717) is 13.0 Å². The second-order valence-corrected chi connectivity index (χ2v) is 6.72. The molecule has 1 saturated heterocycles. The summed E-state index contributed by atoms with van der Waals surface area (Å²) in [6.07, 6.45) is -1.02. The SMILES string of the molecule is CCOC(=O)C1O[C@@H]1C(Cc1ccccc1)NC(=O)OC(C)(C)C. The Balaban J connectivity index is 2.02. The first-order valence-corrected chi connectivity index (χ1v) is 8.15. The molecule has 3 atom stereocenters. The first-order chi connectivity index (χ1) is 11.3. The zero-order chi connectivity index (χ0) is 17.7. The fourth-order valence-corrected chi connectivity index (χ4v) is 2.42. The summed E-state index contributed by atoms with van der Waals surface area (Å²) in [4.78, 5) is 23.9. The Kier molecular flexibility index (Phi) is 5.83. The molecule has 0 spiro atoms. The number of rotatable bonds is 6. The third-order valence-electron chi connectivity index (χ3n) is 3.44. The quantitative estimate of drug-likeness (QED) is 0.638. The largest absolute Gasteiger partial charge is 0.464 e. The van der Waals surface area contributed by atoms with Crippen LogP contribution in [-0.4, -0.2) is 42.5 Å². The molecule has 1 aliphatic rings. The van der Waals surface area contributed by atoms with Crippen molar-refractivity contribution in [3.8, 4) is 0 Å². The molecule has 1 aromatic carbocycles. The summed E-state index contributed by atoms with van der Waals surface area (Å²) in [6.45, 7) is 7.44. The number of amides is 1. The zero-order valence-corrected chi connectivity index (χ0v) is 14.6. The molecule has 1 amide bonds. The molecule has 0 aromatic heterocycles. The fraction of sp³-hybridized carbons (Fsp3) is 0.556. The zero-order valence-electron chi connectivity index (χ0n) is 14.6. The van der Waals surface area contributed by atoms with Crippen molar-refractivity contribution in [3.63, 3.8) is 0 Å². The summed E-state index contributed by atoms with van der Waals surface area (Å²) in [5.41, 5.74) is 0.448. The van der Waals surface area contributed by atoms with Gasteiger partial charge in [-0.2, -0.15) is 0 Å². The lowest BCUT2D eigenvalue weighted by atomic mass is 10.0. The Hall–Kier alpha value is -2.08. The predicted molar refractivity (Wildman–Crippen MR) is 88.6 cm³/mol. The number of hydrogen-bond acceptors (Lipinski definition) is 5. The minimum atomic E-state index is -0.631. The summed E-state index contributed by atoms with van der Waals surface area (Å²) in [7, 11) is 0. The standard InChI is InChI=1S/C18H25NO5/c1-5-22-16(20)15-14(23-15)13(11-12-9-7-6-8-10-12)19-17(21)24-18(2,3)4/h6-10,13-15H,5,11H2,1-4H3,(H,19,21)/t13?,14-,15?/m1/s1. The van der Waals surface area contributed by atoms with E-state index in [0.717, 1.165) is 5.56 Å². The van der Waals surface area contributed by atoms with Crippen molar-refractivity contribution in [3.05, 3.63) is 35.9 Å². The van der Waals surface area contributed by atoms with Crippen LogP contribution < -0.4 is 5.32 Å². The number of benzene rings is 1. The minimum Gasteiger partial charge on any atom is -0.464 e. The van der Waals surface area contributed by atoms with E-state index < -0.39 is 29.9 Å². The van der Waals surface area contributed by atoms with Crippen LogP contribution in [0.5, 0.6) is 0 Å². The second-order valence-electron chi connectivity index (χ2n) is 6.72. The van der Waals surface area contributed by atoms with Gasteiger partial charge in [0.2, 0.25) is 0 Å². The van der Waals surface area contributed by atoms with Crippen LogP contribution in [0.2, 0.25) is 0 Å². The first kappa shape index (κ1) is 18.3. The molecule has 0 bridgehead atoms. The van der Waals surface area contributed by atoms with Crippen molar-refractivity contribution >= 4 is 12.1 Å². The molecule has 2 rings (SSSR count). The van der Waals surface area contributed by atoms with E-state index in [2.05, 4.69) is 5.32 Å². The van der Waals surface area contributed by atoms with Crippen LogP contribution in [0, 0.1) is 0 Å². The summed E-state index contributed by atoms with van der Waals surface area (Å²) < 4.78 is 15.7. The maximum Gasteiger partial charge on any atom is 0.407 e. The van der Waals surface area contributed by atoms with E-state index >= 15 is 0 Å². The molecule has 1 aromatic rings. The van der Waals surface area contributed by atoms with Gasteiger partial charge in [-0.25, -0.2) is 9.59 Å². The van der Waals surface area contributed by atoms with Crippen LogP contribution in [0.1, 0.15) is 33.3 Å². The summed E-state index contributed by atoms with van der Waals surface area (Å²) in [5, 5.41) is 2.82. The maximum atomic E-state index is 12.1. The summed E-state index contributed by atoms with van der Waals surface area (Å²) in [6, 6.07) is 9.34.